The summed E-state index contributed by atoms with van der Waals surface area (Å²) in [5.74, 6) is 1.99. The quantitative estimate of drug-likeness (QED) is 0.510. The normalized spacial score (nSPS) is 27.0. The minimum absolute atomic E-state index is 0.355. The highest BCUT2D eigenvalue weighted by Crippen LogP contribution is 2.55. The van der Waals surface area contributed by atoms with Crippen molar-refractivity contribution in [2.24, 2.45) is 11.8 Å². The predicted octanol–water partition coefficient (Wildman–Crippen LogP) is 3.87. The second-order valence-corrected chi connectivity index (χ2v) is 8.19. The zero-order valence-corrected chi connectivity index (χ0v) is 11.6. The van der Waals surface area contributed by atoms with E-state index >= 15 is 0 Å². The molecule has 82 valence electrons. The average Bonchev–Trinajstić information content (AvgIpc) is 2.88. The van der Waals surface area contributed by atoms with E-state index in [1.54, 1.807) is 0 Å². The van der Waals surface area contributed by atoms with Crippen LogP contribution < -0.4 is 0 Å². The smallest absolute Gasteiger partial charge is 0.131 e. The van der Waals surface area contributed by atoms with E-state index in [0.717, 1.165) is 11.8 Å². The lowest BCUT2D eigenvalue weighted by Crippen LogP contribution is -2.29. The molecule has 2 aliphatic carbocycles. The average molecular weight is 231 g/mol. The van der Waals surface area contributed by atoms with Gasteiger partial charge in [0.05, 0.1) is 0 Å². The van der Waals surface area contributed by atoms with Crippen molar-refractivity contribution < 1.29 is 0 Å². The van der Waals surface area contributed by atoms with E-state index in [2.05, 4.69) is 6.92 Å². The molecule has 0 saturated heterocycles. The Morgan fingerprint density at radius 2 is 1.29 bits per heavy atom. The standard InChI is InChI=1S/C12H23ClSi/c1-12(14-13,10-6-2-3-7-10)11-8-4-5-9-11/h10-11H,2-9,14H2,1H3. The number of hydrogen-bond acceptors (Lipinski definition) is 0. The molecule has 0 N–H and O–H groups in total. The van der Waals surface area contributed by atoms with E-state index in [4.69, 9.17) is 11.1 Å². The maximum atomic E-state index is 6.41. The first-order valence-electron chi connectivity index (χ1n) is 6.33. The summed E-state index contributed by atoms with van der Waals surface area (Å²) in [6.45, 7) is 2.53. The predicted molar refractivity (Wildman–Crippen MR) is 66.7 cm³/mol. The third-order valence-corrected chi connectivity index (χ3v) is 8.32. The monoisotopic (exact) mass is 230 g/mol. The second kappa shape index (κ2) is 4.57. The highest BCUT2D eigenvalue weighted by molar-refractivity contribution is 6.95. The molecule has 2 rings (SSSR count). The summed E-state index contributed by atoms with van der Waals surface area (Å²) in [7, 11) is -0.355. The van der Waals surface area contributed by atoms with Gasteiger partial charge in [0.15, 0.2) is 0 Å². The van der Waals surface area contributed by atoms with Crippen molar-refractivity contribution in [1.29, 1.82) is 0 Å². The van der Waals surface area contributed by atoms with E-state index < -0.39 is 0 Å². The maximum absolute atomic E-state index is 6.41. The van der Waals surface area contributed by atoms with Crippen molar-refractivity contribution >= 4 is 19.9 Å². The van der Waals surface area contributed by atoms with Crippen LogP contribution >= 0.6 is 11.1 Å². The molecule has 0 spiro atoms. The van der Waals surface area contributed by atoms with Gasteiger partial charge in [-0.2, -0.15) is 11.1 Å². The largest absolute Gasteiger partial charge is 0.176 e. The molecule has 0 atom stereocenters. The summed E-state index contributed by atoms with van der Waals surface area (Å²) in [5.41, 5.74) is 0. The van der Waals surface area contributed by atoms with Crippen LogP contribution in [0.1, 0.15) is 58.3 Å². The topological polar surface area (TPSA) is 0 Å². The van der Waals surface area contributed by atoms with Crippen LogP contribution in [-0.2, 0) is 0 Å². The fraction of sp³-hybridized carbons (Fsp3) is 1.00. The number of hydrogen-bond donors (Lipinski definition) is 0. The minimum atomic E-state index is -0.355. The molecule has 14 heavy (non-hydrogen) atoms. The van der Waals surface area contributed by atoms with Crippen LogP contribution in [0.25, 0.3) is 0 Å². The summed E-state index contributed by atoms with van der Waals surface area (Å²) in [6.07, 6.45) is 11.8. The molecular weight excluding hydrogens is 208 g/mol. The van der Waals surface area contributed by atoms with Crippen LogP contribution in [0.15, 0.2) is 0 Å². The molecule has 0 bridgehead atoms. The van der Waals surface area contributed by atoms with Crippen molar-refractivity contribution in [3.05, 3.63) is 0 Å². The van der Waals surface area contributed by atoms with Crippen molar-refractivity contribution in [2.45, 2.75) is 63.3 Å². The van der Waals surface area contributed by atoms with Gasteiger partial charge in [0.25, 0.3) is 0 Å². The molecule has 0 aromatic carbocycles. The fourth-order valence-electron chi connectivity index (χ4n) is 3.72. The van der Waals surface area contributed by atoms with Gasteiger partial charge in [0, 0.05) is 0 Å². The van der Waals surface area contributed by atoms with E-state index in [0.29, 0.717) is 5.04 Å². The molecule has 0 aromatic rings. The van der Waals surface area contributed by atoms with Crippen molar-refractivity contribution in [2.75, 3.05) is 0 Å². The van der Waals surface area contributed by atoms with Crippen molar-refractivity contribution in [3.63, 3.8) is 0 Å². The lowest BCUT2D eigenvalue weighted by Gasteiger charge is -2.39. The van der Waals surface area contributed by atoms with Crippen molar-refractivity contribution in [3.8, 4) is 0 Å². The lowest BCUT2D eigenvalue weighted by molar-refractivity contribution is 0.273. The van der Waals surface area contributed by atoms with E-state index in [1.807, 2.05) is 0 Å². The minimum Gasteiger partial charge on any atom is -0.176 e. The van der Waals surface area contributed by atoms with Crippen molar-refractivity contribution in [1.82, 2.24) is 0 Å². The van der Waals surface area contributed by atoms with Crippen LogP contribution in [0, 0.1) is 11.8 Å². The summed E-state index contributed by atoms with van der Waals surface area (Å²) >= 11 is 6.41. The van der Waals surface area contributed by atoms with Crippen LogP contribution in [0.3, 0.4) is 0 Å². The maximum Gasteiger partial charge on any atom is 0.131 e. The molecule has 0 amide bonds. The van der Waals surface area contributed by atoms with Crippen LogP contribution in [0.5, 0.6) is 0 Å². The lowest BCUT2D eigenvalue weighted by atomic mass is 9.79. The SMILES string of the molecule is CC([SiH2]Cl)(C1CCCC1)C1CCCC1. The van der Waals surface area contributed by atoms with Gasteiger partial charge in [0.2, 0.25) is 0 Å². The van der Waals surface area contributed by atoms with Crippen LogP contribution in [-0.4, -0.2) is 8.83 Å². The third kappa shape index (κ3) is 1.90. The number of rotatable bonds is 3. The molecule has 0 heterocycles. The zero-order valence-electron chi connectivity index (χ0n) is 9.40. The van der Waals surface area contributed by atoms with E-state index in [1.165, 1.54) is 51.4 Å². The highest BCUT2D eigenvalue weighted by Gasteiger charge is 2.42. The molecule has 0 aromatic heterocycles. The summed E-state index contributed by atoms with van der Waals surface area (Å²) in [6, 6.07) is 0. The number of halogens is 1. The Kier molecular flexibility index (Phi) is 3.59. The van der Waals surface area contributed by atoms with Gasteiger partial charge >= 0.3 is 0 Å². The summed E-state index contributed by atoms with van der Waals surface area (Å²) in [5, 5.41) is 0.606. The first-order valence-corrected chi connectivity index (χ1v) is 9.18. The Hall–Kier alpha value is 0.507. The molecule has 0 radical (unpaired) electrons. The molecule has 2 saturated carbocycles. The van der Waals surface area contributed by atoms with Gasteiger partial charge in [-0.3, -0.25) is 0 Å². The Bertz CT molecular complexity index is 165. The van der Waals surface area contributed by atoms with E-state index in [-0.39, 0.29) is 8.83 Å². The van der Waals surface area contributed by atoms with Gasteiger partial charge < -0.3 is 0 Å². The first-order chi connectivity index (χ1) is 6.77. The Labute approximate surface area is 95.3 Å². The Balaban J connectivity index is 2.06. The van der Waals surface area contributed by atoms with Gasteiger partial charge in [-0.1, -0.05) is 58.3 Å². The summed E-state index contributed by atoms with van der Waals surface area (Å²) in [4.78, 5) is 0. The Morgan fingerprint density at radius 1 is 0.929 bits per heavy atom. The van der Waals surface area contributed by atoms with Crippen LogP contribution in [0.4, 0.5) is 0 Å². The van der Waals surface area contributed by atoms with Gasteiger partial charge in [-0.25, -0.2) is 0 Å². The molecule has 2 fully saturated rings. The van der Waals surface area contributed by atoms with E-state index in [9.17, 15) is 0 Å². The third-order valence-electron chi connectivity index (χ3n) is 4.86. The first kappa shape index (κ1) is 11.0. The molecule has 0 nitrogen and oxygen atoms in total. The van der Waals surface area contributed by atoms with Gasteiger partial charge in [-0.15, -0.1) is 0 Å². The molecule has 0 aliphatic heterocycles. The molecule has 2 heteroatoms. The Morgan fingerprint density at radius 3 is 1.57 bits per heavy atom. The summed E-state index contributed by atoms with van der Waals surface area (Å²) < 4.78 is 0. The fourth-order valence-corrected chi connectivity index (χ4v) is 6.28. The van der Waals surface area contributed by atoms with Gasteiger partial charge in [0.1, 0.15) is 8.83 Å². The molecular formula is C12H23ClSi. The molecule has 0 unspecified atom stereocenters. The molecule has 2 aliphatic rings. The zero-order chi connectivity index (χ0) is 10.0. The highest BCUT2D eigenvalue weighted by atomic mass is 35.6. The second-order valence-electron chi connectivity index (χ2n) is 5.60. The van der Waals surface area contributed by atoms with Crippen LogP contribution in [0.2, 0.25) is 5.04 Å². The van der Waals surface area contributed by atoms with Gasteiger partial charge in [-0.05, 0) is 16.9 Å².